The van der Waals surface area contributed by atoms with Crippen molar-refractivity contribution in [1.82, 2.24) is 10.3 Å². The lowest BCUT2D eigenvalue weighted by Crippen LogP contribution is -2.31. The summed E-state index contributed by atoms with van der Waals surface area (Å²) in [7, 11) is 0. The molecule has 0 aliphatic heterocycles. The fourth-order valence-electron chi connectivity index (χ4n) is 1.28. The van der Waals surface area contributed by atoms with Crippen molar-refractivity contribution >= 4 is 40.7 Å². The first-order valence-electron chi connectivity index (χ1n) is 5.21. The van der Waals surface area contributed by atoms with Crippen LogP contribution >= 0.6 is 23.2 Å². The van der Waals surface area contributed by atoms with E-state index in [1.165, 1.54) is 6.07 Å². The monoisotopic (exact) mass is 274 g/mol. The van der Waals surface area contributed by atoms with Crippen LogP contribution in [0.3, 0.4) is 0 Å². The van der Waals surface area contributed by atoms with Crippen molar-refractivity contribution in [1.29, 1.82) is 0 Å². The highest BCUT2D eigenvalue weighted by molar-refractivity contribution is 6.37. The Bertz CT molecular complexity index is 448. The third kappa shape index (κ3) is 3.38. The Balaban J connectivity index is 1.93. The number of aromatic nitrogens is 1. The van der Waals surface area contributed by atoms with Crippen molar-refractivity contribution in [2.75, 3.05) is 17.6 Å². The summed E-state index contributed by atoms with van der Waals surface area (Å²) < 4.78 is 0. The number of hydrogen-bond acceptors (Lipinski definition) is 4. The highest BCUT2D eigenvalue weighted by atomic mass is 35.5. The van der Waals surface area contributed by atoms with Crippen LogP contribution in [-0.4, -0.2) is 23.5 Å². The summed E-state index contributed by atoms with van der Waals surface area (Å²) in [6.45, 7) is 0.115. The predicted molar refractivity (Wildman–Crippen MR) is 68.3 cm³/mol. The Morgan fingerprint density at radius 2 is 2.18 bits per heavy atom. The molecule has 1 aliphatic carbocycles. The molecule has 0 bridgehead atoms. The van der Waals surface area contributed by atoms with Crippen molar-refractivity contribution in [3.05, 3.63) is 16.1 Å². The molecule has 7 heteroatoms. The quantitative estimate of drug-likeness (QED) is 0.780. The summed E-state index contributed by atoms with van der Waals surface area (Å²) >= 11 is 11.7. The van der Waals surface area contributed by atoms with Gasteiger partial charge in [-0.3, -0.25) is 4.79 Å². The third-order valence-corrected chi connectivity index (χ3v) is 2.91. The van der Waals surface area contributed by atoms with E-state index in [9.17, 15) is 4.79 Å². The number of hydrogen-bond donors (Lipinski definition) is 3. The zero-order valence-corrected chi connectivity index (χ0v) is 10.5. The van der Waals surface area contributed by atoms with Gasteiger partial charge in [0.05, 0.1) is 16.6 Å². The first-order valence-corrected chi connectivity index (χ1v) is 5.96. The average molecular weight is 275 g/mol. The van der Waals surface area contributed by atoms with Gasteiger partial charge >= 0.3 is 0 Å². The minimum absolute atomic E-state index is 0.0844. The summed E-state index contributed by atoms with van der Waals surface area (Å²) in [6.07, 6.45) is 2.11. The van der Waals surface area contributed by atoms with Crippen LogP contribution in [0.2, 0.25) is 10.0 Å². The van der Waals surface area contributed by atoms with Crippen molar-refractivity contribution in [3.8, 4) is 0 Å². The van der Waals surface area contributed by atoms with Gasteiger partial charge in [-0.2, -0.15) is 0 Å². The Morgan fingerprint density at radius 3 is 2.82 bits per heavy atom. The van der Waals surface area contributed by atoms with Gasteiger partial charge < -0.3 is 16.4 Å². The second kappa shape index (κ2) is 4.98. The van der Waals surface area contributed by atoms with E-state index in [1.54, 1.807) is 0 Å². The van der Waals surface area contributed by atoms with Crippen LogP contribution in [0.15, 0.2) is 6.07 Å². The van der Waals surface area contributed by atoms with Crippen molar-refractivity contribution in [3.63, 3.8) is 0 Å². The summed E-state index contributed by atoms with van der Waals surface area (Å²) in [5, 5.41) is 6.29. The van der Waals surface area contributed by atoms with Gasteiger partial charge in [-0.15, -0.1) is 0 Å². The Labute approximate surface area is 109 Å². The smallest absolute Gasteiger partial charge is 0.239 e. The van der Waals surface area contributed by atoms with Gasteiger partial charge in [-0.25, -0.2) is 4.98 Å². The summed E-state index contributed by atoms with van der Waals surface area (Å²) in [5.74, 6) is 0.458. The molecule has 92 valence electrons. The Kier molecular flexibility index (Phi) is 3.59. The molecule has 5 nitrogen and oxygen atoms in total. The van der Waals surface area contributed by atoms with Crippen molar-refractivity contribution in [2.45, 2.75) is 18.9 Å². The number of nitrogens with zero attached hydrogens (tertiary/aromatic N) is 1. The number of halogens is 2. The molecule has 0 saturated heterocycles. The predicted octanol–water partition coefficient (Wildman–Crippen LogP) is 1.66. The minimum Gasteiger partial charge on any atom is -0.382 e. The average Bonchev–Trinajstić information content (AvgIpc) is 3.05. The molecule has 1 heterocycles. The van der Waals surface area contributed by atoms with E-state index >= 15 is 0 Å². The number of anilines is 2. The third-order valence-electron chi connectivity index (χ3n) is 2.32. The van der Waals surface area contributed by atoms with Crippen LogP contribution in [0.25, 0.3) is 0 Å². The lowest BCUT2D eigenvalue weighted by atomic mass is 10.4. The van der Waals surface area contributed by atoms with E-state index in [1.807, 2.05) is 0 Å². The highest BCUT2D eigenvalue weighted by Gasteiger charge is 2.23. The summed E-state index contributed by atoms with van der Waals surface area (Å²) in [4.78, 5) is 15.4. The standard InChI is InChI=1S/C10H12Cl2N4O/c11-6-3-7(12)10(16-9(6)13)14-4-8(17)15-5-1-2-5/h3,5H,1-2,4H2,(H,15,17)(H3,13,14,16). The number of pyridine rings is 1. The minimum atomic E-state index is -0.0844. The molecule has 4 N–H and O–H groups in total. The molecule has 0 radical (unpaired) electrons. The first kappa shape index (κ1) is 12.3. The number of nitrogens with one attached hydrogen (secondary N) is 2. The largest absolute Gasteiger partial charge is 0.382 e. The van der Waals surface area contributed by atoms with Gasteiger partial charge in [-0.1, -0.05) is 23.2 Å². The van der Waals surface area contributed by atoms with E-state index < -0.39 is 0 Å². The first-order chi connectivity index (χ1) is 8.06. The van der Waals surface area contributed by atoms with Gasteiger partial charge in [0, 0.05) is 6.04 Å². The molecule has 2 rings (SSSR count). The lowest BCUT2D eigenvalue weighted by Gasteiger charge is -2.09. The van der Waals surface area contributed by atoms with Crippen LogP contribution < -0.4 is 16.4 Å². The molecule has 1 amide bonds. The number of rotatable bonds is 4. The SMILES string of the molecule is Nc1nc(NCC(=O)NC2CC2)c(Cl)cc1Cl. The van der Waals surface area contributed by atoms with Crippen LogP contribution in [0.5, 0.6) is 0 Å². The topological polar surface area (TPSA) is 80.0 Å². The molecular formula is C10H12Cl2N4O. The second-order valence-corrected chi connectivity index (χ2v) is 4.70. The van der Waals surface area contributed by atoms with E-state index in [0.717, 1.165) is 12.8 Å². The molecule has 0 aromatic carbocycles. The fraction of sp³-hybridized carbons (Fsp3) is 0.400. The molecule has 17 heavy (non-hydrogen) atoms. The zero-order chi connectivity index (χ0) is 12.4. The Hall–Kier alpha value is -1.20. The van der Waals surface area contributed by atoms with Gasteiger partial charge in [0.25, 0.3) is 0 Å². The molecule has 0 atom stereocenters. The highest BCUT2D eigenvalue weighted by Crippen LogP contribution is 2.27. The van der Waals surface area contributed by atoms with Crippen LogP contribution in [0.4, 0.5) is 11.6 Å². The number of carbonyl (C=O) groups is 1. The normalized spacial score (nSPS) is 14.5. The van der Waals surface area contributed by atoms with Crippen LogP contribution in [0, 0.1) is 0 Å². The summed E-state index contributed by atoms with van der Waals surface area (Å²) in [5.41, 5.74) is 5.54. The number of nitrogens with two attached hydrogens (primary N) is 1. The molecule has 1 saturated carbocycles. The number of nitrogen functional groups attached to an aromatic ring is 1. The molecular weight excluding hydrogens is 263 g/mol. The van der Waals surface area contributed by atoms with Crippen LogP contribution in [0.1, 0.15) is 12.8 Å². The van der Waals surface area contributed by atoms with E-state index in [-0.39, 0.29) is 18.3 Å². The maximum atomic E-state index is 11.4. The van der Waals surface area contributed by atoms with Gasteiger partial charge in [0.1, 0.15) is 11.6 Å². The van der Waals surface area contributed by atoms with Gasteiger partial charge in [0.15, 0.2) is 0 Å². The molecule has 1 fully saturated rings. The van der Waals surface area contributed by atoms with E-state index in [0.29, 0.717) is 21.9 Å². The number of carbonyl (C=O) groups excluding carboxylic acids is 1. The van der Waals surface area contributed by atoms with Crippen molar-refractivity contribution in [2.24, 2.45) is 0 Å². The molecule has 0 unspecified atom stereocenters. The van der Waals surface area contributed by atoms with Gasteiger partial charge in [0.2, 0.25) is 5.91 Å². The molecule has 1 aromatic rings. The molecule has 1 aromatic heterocycles. The zero-order valence-electron chi connectivity index (χ0n) is 8.96. The maximum Gasteiger partial charge on any atom is 0.239 e. The van der Waals surface area contributed by atoms with Gasteiger partial charge in [-0.05, 0) is 18.9 Å². The summed E-state index contributed by atoms with van der Waals surface area (Å²) in [6, 6.07) is 1.83. The van der Waals surface area contributed by atoms with E-state index in [2.05, 4.69) is 15.6 Å². The van der Waals surface area contributed by atoms with Crippen molar-refractivity contribution < 1.29 is 4.79 Å². The van der Waals surface area contributed by atoms with E-state index in [4.69, 9.17) is 28.9 Å². The fourth-order valence-corrected chi connectivity index (χ4v) is 1.70. The van der Waals surface area contributed by atoms with Crippen LogP contribution in [-0.2, 0) is 4.79 Å². The maximum absolute atomic E-state index is 11.4. The molecule has 0 spiro atoms. The second-order valence-electron chi connectivity index (χ2n) is 3.88. The Morgan fingerprint density at radius 1 is 1.47 bits per heavy atom. The molecule has 1 aliphatic rings. The number of amides is 1. The lowest BCUT2D eigenvalue weighted by molar-refractivity contribution is -0.119.